The van der Waals surface area contributed by atoms with E-state index in [0.717, 1.165) is 3.57 Å². The van der Waals surface area contributed by atoms with Crippen LogP contribution < -0.4 is 10.1 Å². The number of rotatable bonds is 11. The second-order valence-corrected chi connectivity index (χ2v) is 9.51. The van der Waals surface area contributed by atoms with Crippen molar-refractivity contribution in [2.45, 2.75) is 31.1 Å². The molecule has 0 radical (unpaired) electrons. The highest BCUT2D eigenvalue weighted by molar-refractivity contribution is 14.1. The van der Waals surface area contributed by atoms with Crippen molar-refractivity contribution in [2.24, 2.45) is 0 Å². The fraction of sp³-hybridized carbons (Fsp3) is 0.385. The molecule has 2 aromatic carbocycles. The van der Waals surface area contributed by atoms with Crippen molar-refractivity contribution in [3.63, 3.8) is 0 Å². The molecule has 0 saturated carbocycles. The molecular formula is C26H30FIN2O6. The van der Waals surface area contributed by atoms with Crippen LogP contribution in [-0.4, -0.2) is 78.6 Å². The van der Waals surface area contributed by atoms with Crippen LogP contribution in [0, 0.1) is 9.39 Å². The number of amides is 2. The lowest BCUT2D eigenvalue weighted by Crippen LogP contribution is -2.56. The summed E-state index contributed by atoms with van der Waals surface area (Å²) < 4.78 is 25.7. The second-order valence-electron chi connectivity index (χ2n) is 8.35. The zero-order valence-corrected chi connectivity index (χ0v) is 22.1. The van der Waals surface area contributed by atoms with Gasteiger partial charge in [0.15, 0.2) is 0 Å². The van der Waals surface area contributed by atoms with Gasteiger partial charge in [-0.05, 0) is 64.9 Å². The van der Waals surface area contributed by atoms with Crippen LogP contribution in [0.4, 0.5) is 4.39 Å². The van der Waals surface area contributed by atoms with E-state index in [2.05, 4.69) is 27.9 Å². The van der Waals surface area contributed by atoms with Crippen LogP contribution in [0.15, 0.2) is 60.2 Å². The van der Waals surface area contributed by atoms with Gasteiger partial charge in [-0.25, -0.2) is 4.39 Å². The number of ether oxygens (including phenoxy) is 2. The van der Waals surface area contributed by atoms with Gasteiger partial charge in [0.1, 0.15) is 30.4 Å². The summed E-state index contributed by atoms with van der Waals surface area (Å²) in [5.74, 6) is -0.634. The lowest BCUT2D eigenvalue weighted by molar-refractivity contribution is -0.142. The van der Waals surface area contributed by atoms with E-state index < -0.39 is 24.2 Å². The molecule has 8 nitrogen and oxygen atoms in total. The quantitative estimate of drug-likeness (QED) is 0.336. The first-order chi connectivity index (χ1) is 17.3. The van der Waals surface area contributed by atoms with E-state index in [0.29, 0.717) is 23.3 Å². The van der Waals surface area contributed by atoms with Gasteiger partial charge in [0.2, 0.25) is 11.8 Å². The smallest absolute Gasteiger partial charge is 0.248 e. The maximum atomic E-state index is 13.7. The molecule has 0 fully saturated rings. The molecule has 0 bridgehead atoms. The van der Waals surface area contributed by atoms with Crippen molar-refractivity contribution in [1.82, 2.24) is 10.2 Å². The highest BCUT2D eigenvalue weighted by Gasteiger charge is 2.40. The number of para-hydroxylation sites is 1. The van der Waals surface area contributed by atoms with E-state index >= 15 is 0 Å². The summed E-state index contributed by atoms with van der Waals surface area (Å²) >= 11 is 2.12. The van der Waals surface area contributed by atoms with Crippen LogP contribution >= 0.6 is 22.6 Å². The molecule has 3 N–H and O–H groups in total. The molecule has 1 aliphatic carbocycles. The number of benzene rings is 2. The Morgan fingerprint density at radius 3 is 2.69 bits per heavy atom. The molecule has 0 heterocycles. The third-order valence-electron chi connectivity index (χ3n) is 5.83. The lowest BCUT2D eigenvalue weighted by Gasteiger charge is -2.40. The first-order valence-corrected chi connectivity index (χ1v) is 12.6. The van der Waals surface area contributed by atoms with E-state index in [-0.39, 0.29) is 44.4 Å². The normalized spacial score (nSPS) is 19.4. The zero-order chi connectivity index (χ0) is 26.1. The van der Waals surface area contributed by atoms with Crippen LogP contribution in [0.2, 0.25) is 0 Å². The van der Waals surface area contributed by atoms with Crippen molar-refractivity contribution < 1.29 is 33.7 Å². The molecule has 1 aliphatic rings. The van der Waals surface area contributed by atoms with Gasteiger partial charge in [-0.2, -0.15) is 0 Å². The Balaban J connectivity index is 1.91. The van der Waals surface area contributed by atoms with Gasteiger partial charge in [-0.3, -0.25) is 9.59 Å². The van der Waals surface area contributed by atoms with Gasteiger partial charge in [0.05, 0.1) is 16.2 Å². The molecule has 0 aliphatic heterocycles. The maximum Gasteiger partial charge on any atom is 0.248 e. The first-order valence-electron chi connectivity index (χ1n) is 11.6. The van der Waals surface area contributed by atoms with Gasteiger partial charge in [-0.15, -0.1) is 0 Å². The van der Waals surface area contributed by atoms with Crippen molar-refractivity contribution in [3.05, 3.63) is 75.1 Å². The summed E-state index contributed by atoms with van der Waals surface area (Å²) in [6, 6.07) is 12.6. The molecule has 36 heavy (non-hydrogen) atoms. The van der Waals surface area contributed by atoms with Crippen molar-refractivity contribution in [2.75, 3.05) is 33.4 Å². The average Bonchev–Trinajstić information content (AvgIpc) is 2.86. The van der Waals surface area contributed by atoms with Crippen LogP contribution in [0.25, 0.3) is 0 Å². The number of hydrogen-bond donors (Lipinski definition) is 3. The van der Waals surface area contributed by atoms with Crippen molar-refractivity contribution >= 4 is 34.4 Å². The number of halogens is 2. The summed E-state index contributed by atoms with van der Waals surface area (Å²) in [5.41, 5.74) is 1.02. The van der Waals surface area contributed by atoms with Gasteiger partial charge in [-0.1, -0.05) is 24.3 Å². The van der Waals surface area contributed by atoms with Crippen molar-refractivity contribution in [3.8, 4) is 5.75 Å². The first kappa shape index (κ1) is 28.0. The van der Waals surface area contributed by atoms with Crippen molar-refractivity contribution in [1.29, 1.82) is 0 Å². The summed E-state index contributed by atoms with van der Waals surface area (Å²) in [6.07, 6.45) is -0.0928. The third kappa shape index (κ3) is 7.48. The van der Waals surface area contributed by atoms with Gasteiger partial charge in [0, 0.05) is 32.2 Å². The molecule has 2 aromatic rings. The predicted molar refractivity (Wildman–Crippen MR) is 140 cm³/mol. The number of nitrogens with one attached hydrogen (secondary N) is 1. The van der Waals surface area contributed by atoms with Gasteiger partial charge in [0.25, 0.3) is 0 Å². The number of carbonyl (C=O) groups is 2. The van der Waals surface area contributed by atoms with Crippen LogP contribution in [0.3, 0.4) is 0 Å². The van der Waals surface area contributed by atoms with Crippen LogP contribution in [0.5, 0.6) is 5.75 Å². The van der Waals surface area contributed by atoms with Gasteiger partial charge < -0.3 is 29.9 Å². The Labute approximate surface area is 223 Å². The number of aliphatic hydroxyl groups excluding tert-OH is 2. The predicted octanol–water partition coefficient (Wildman–Crippen LogP) is 2.06. The van der Waals surface area contributed by atoms with Crippen LogP contribution in [-0.2, 0) is 20.7 Å². The van der Waals surface area contributed by atoms with E-state index in [1.54, 1.807) is 30.3 Å². The molecule has 3 rings (SSSR count). The molecule has 2 amide bonds. The standard InChI is InChI=1S/C26H30FIN2O6/c1-35-16-24(32)30(11-9-17-5-4-6-19(27)13-17)21-14-18(26(34)29-10-12-31)15-23(25(21)33)36-22-8-3-2-7-20(22)28/h2-8,13,15,21,23,25,31,33H,9-12,14,16H2,1H3,(H,29,34)/t21-,23+,25+/m1/s1. The Kier molecular flexibility index (Phi) is 10.7. The molecule has 10 heteroatoms. The molecule has 3 atom stereocenters. The monoisotopic (exact) mass is 612 g/mol. The summed E-state index contributed by atoms with van der Waals surface area (Å²) in [5, 5.41) is 23.1. The van der Waals surface area contributed by atoms with Crippen LogP contribution in [0.1, 0.15) is 12.0 Å². The number of methoxy groups -OCH3 is 1. The molecule has 194 valence electrons. The fourth-order valence-electron chi connectivity index (χ4n) is 4.09. The maximum absolute atomic E-state index is 13.7. The summed E-state index contributed by atoms with van der Waals surface area (Å²) in [7, 11) is 1.40. The molecule has 0 saturated heterocycles. The number of aliphatic hydroxyl groups is 2. The Bertz CT molecular complexity index is 1080. The number of hydrogen-bond acceptors (Lipinski definition) is 6. The molecule has 0 unspecified atom stereocenters. The molecule has 0 aromatic heterocycles. The highest BCUT2D eigenvalue weighted by Crippen LogP contribution is 2.30. The molecule has 0 spiro atoms. The Hall–Kier alpha value is -2.54. The SMILES string of the molecule is COCC(=O)N(CCc1cccc(F)c1)[C@@H]1CC(C(=O)NCCO)=C[C@H](Oc2ccccc2I)[C@H]1O. The van der Waals surface area contributed by atoms with E-state index in [4.69, 9.17) is 14.6 Å². The minimum absolute atomic E-state index is 0.0669. The molecular weight excluding hydrogens is 582 g/mol. The summed E-state index contributed by atoms with van der Waals surface area (Å²) in [4.78, 5) is 27.3. The fourth-order valence-corrected chi connectivity index (χ4v) is 4.60. The van der Waals surface area contributed by atoms with E-state index in [9.17, 15) is 19.1 Å². The lowest BCUT2D eigenvalue weighted by atomic mass is 9.88. The zero-order valence-electron chi connectivity index (χ0n) is 19.9. The number of carbonyl (C=O) groups excluding carboxylic acids is 2. The average molecular weight is 612 g/mol. The summed E-state index contributed by atoms with van der Waals surface area (Å²) in [6.45, 7) is -0.199. The van der Waals surface area contributed by atoms with E-state index in [1.807, 2.05) is 12.1 Å². The van der Waals surface area contributed by atoms with Gasteiger partial charge >= 0.3 is 0 Å². The number of nitrogens with zero attached hydrogens (tertiary/aromatic N) is 1. The second kappa shape index (κ2) is 13.7. The topological polar surface area (TPSA) is 108 Å². The van der Waals surface area contributed by atoms with E-state index in [1.165, 1.54) is 24.1 Å². The minimum Gasteiger partial charge on any atom is -0.482 e. The Morgan fingerprint density at radius 2 is 2.00 bits per heavy atom. The minimum atomic E-state index is -1.15. The Morgan fingerprint density at radius 1 is 1.22 bits per heavy atom. The highest BCUT2D eigenvalue weighted by atomic mass is 127. The third-order valence-corrected chi connectivity index (χ3v) is 6.72. The largest absolute Gasteiger partial charge is 0.482 e.